The second kappa shape index (κ2) is 8.67. The molecule has 144 valence electrons. The number of carbonyl (C=O) groups excluding carboxylic acids is 1. The van der Waals surface area contributed by atoms with Gasteiger partial charge in [-0.1, -0.05) is 12.5 Å². The second-order valence-electron chi connectivity index (χ2n) is 7.08. The maximum atomic E-state index is 13.2. The molecule has 0 spiro atoms. The average molecular weight is 389 g/mol. The summed E-state index contributed by atoms with van der Waals surface area (Å²) in [7, 11) is 0. The zero-order valence-corrected chi connectivity index (χ0v) is 16.1. The first kappa shape index (κ1) is 19.6. The van der Waals surface area contributed by atoms with Gasteiger partial charge in [0.15, 0.2) is 0 Å². The largest absolute Gasteiger partial charge is 0.329 e. The summed E-state index contributed by atoms with van der Waals surface area (Å²) < 4.78 is 0. The van der Waals surface area contributed by atoms with Gasteiger partial charge in [-0.15, -0.1) is 12.4 Å². The van der Waals surface area contributed by atoms with E-state index in [9.17, 15) is 9.59 Å². The quantitative estimate of drug-likeness (QED) is 0.773. The van der Waals surface area contributed by atoms with E-state index >= 15 is 0 Å². The molecule has 4 rings (SSSR count). The lowest BCUT2D eigenvalue weighted by Crippen LogP contribution is -2.49. The van der Waals surface area contributed by atoms with E-state index < -0.39 is 0 Å². The van der Waals surface area contributed by atoms with E-state index in [0.29, 0.717) is 13.1 Å². The normalized spacial score (nSPS) is 19.6. The van der Waals surface area contributed by atoms with Crippen LogP contribution in [0, 0.1) is 0 Å². The van der Waals surface area contributed by atoms with Crippen LogP contribution in [0.5, 0.6) is 0 Å². The molecule has 1 aliphatic carbocycles. The molecule has 1 aliphatic heterocycles. The van der Waals surface area contributed by atoms with Gasteiger partial charge in [-0.2, -0.15) is 0 Å². The number of aryl methyl sites for hydroxylation is 2. The van der Waals surface area contributed by atoms with Crippen LogP contribution >= 0.6 is 12.4 Å². The lowest BCUT2D eigenvalue weighted by atomic mass is 10.0. The molecule has 0 bridgehead atoms. The number of pyridine rings is 2. The molecule has 3 heterocycles. The minimum Gasteiger partial charge on any atom is -0.329 e. The van der Waals surface area contributed by atoms with Gasteiger partial charge in [0.2, 0.25) is 0 Å². The van der Waals surface area contributed by atoms with E-state index in [4.69, 9.17) is 0 Å². The number of hydrogen-bond donors (Lipinski definition) is 2. The SMILES string of the molecule is Cl.O=C(c1cc2c([nH]c1=O)CCCCC2)N1CCNCC1c1cccnc1. The van der Waals surface area contributed by atoms with Gasteiger partial charge in [-0.05, 0) is 48.9 Å². The smallest absolute Gasteiger partial charge is 0.261 e. The van der Waals surface area contributed by atoms with Crippen molar-refractivity contribution in [2.45, 2.75) is 38.1 Å². The number of nitrogens with one attached hydrogen (secondary N) is 2. The van der Waals surface area contributed by atoms with Gasteiger partial charge in [0.1, 0.15) is 5.56 Å². The third-order valence-corrected chi connectivity index (χ3v) is 5.39. The van der Waals surface area contributed by atoms with Crippen molar-refractivity contribution in [3.8, 4) is 0 Å². The molecule has 1 fully saturated rings. The summed E-state index contributed by atoms with van der Waals surface area (Å²) >= 11 is 0. The molecular formula is C20H25ClN4O2. The highest BCUT2D eigenvalue weighted by molar-refractivity contribution is 5.94. The van der Waals surface area contributed by atoms with Crippen molar-refractivity contribution in [2.24, 2.45) is 0 Å². The Morgan fingerprint density at radius 1 is 1.22 bits per heavy atom. The third-order valence-electron chi connectivity index (χ3n) is 5.39. The fraction of sp³-hybridized carbons (Fsp3) is 0.450. The van der Waals surface area contributed by atoms with E-state index in [1.54, 1.807) is 17.3 Å². The Morgan fingerprint density at radius 2 is 2.07 bits per heavy atom. The van der Waals surface area contributed by atoms with Crippen LogP contribution in [-0.4, -0.2) is 40.4 Å². The van der Waals surface area contributed by atoms with Crippen LogP contribution in [0.4, 0.5) is 0 Å². The van der Waals surface area contributed by atoms with E-state index in [0.717, 1.165) is 49.0 Å². The molecule has 2 aromatic rings. The number of fused-ring (bicyclic) bond motifs is 1. The summed E-state index contributed by atoms with van der Waals surface area (Å²) in [5, 5.41) is 3.33. The van der Waals surface area contributed by atoms with Crippen molar-refractivity contribution in [1.29, 1.82) is 0 Å². The molecular weight excluding hydrogens is 364 g/mol. The van der Waals surface area contributed by atoms with Crippen LogP contribution < -0.4 is 10.9 Å². The maximum Gasteiger partial charge on any atom is 0.261 e. The summed E-state index contributed by atoms with van der Waals surface area (Å²) in [6.07, 6.45) is 8.71. The Morgan fingerprint density at radius 3 is 2.89 bits per heavy atom. The van der Waals surface area contributed by atoms with Crippen molar-refractivity contribution in [2.75, 3.05) is 19.6 Å². The summed E-state index contributed by atoms with van der Waals surface area (Å²) in [5.74, 6) is -0.186. The zero-order valence-electron chi connectivity index (χ0n) is 15.2. The summed E-state index contributed by atoms with van der Waals surface area (Å²) in [5.41, 5.74) is 3.12. The average Bonchev–Trinajstić information content (AvgIpc) is 2.92. The van der Waals surface area contributed by atoms with Gasteiger partial charge in [0.05, 0.1) is 6.04 Å². The molecule has 1 atom stereocenters. The van der Waals surface area contributed by atoms with Crippen LogP contribution in [0.25, 0.3) is 0 Å². The van der Waals surface area contributed by atoms with Gasteiger partial charge in [0, 0.05) is 37.7 Å². The van der Waals surface area contributed by atoms with Crippen molar-refractivity contribution in [3.05, 3.63) is 63.3 Å². The summed E-state index contributed by atoms with van der Waals surface area (Å²) in [6.45, 7) is 1.97. The van der Waals surface area contributed by atoms with Gasteiger partial charge in [0.25, 0.3) is 11.5 Å². The molecule has 27 heavy (non-hydrogen) atoms. The Kier molecular flexibility index (Phi) is 6.29. The Bertz CT molecular complexity index is 853. The zero-order chi connectivity index (χ0) is 17.9. The highest BCUT2D eigenvalue weighted by Gasteiger charge is 2.30. The van der Waals surface area contributed by atoms with Crippen molar-refractivity contribution >= 4 is 18.3 Å². The maximum absolute atomic E-state index is 13.2. The third kappa shape index (κ3) is 4.06. The van der Waals surface area contributed by atoms with E-state index in [-0.39, 0.29) is 35.5 Å². The molecule has 0 radical (unpaired) electrons. The Hall–Kier alpha value is -2.18. The first-order valence-electron chi connectivity index (χ1n) is 9.41. The van der Waals surface area contributed by atoms with Crippen LogP contribution in [0.1, 0.15) is 52.5 Å². The molecule has 2 aliphatic rings. The van der Waals surface area contributed by atoms with Gasteiger partial charge in [-0.3, -0.25) is 14.6 Å². The van der Waals surface area contributed by atoms with Gasteiger partial charge >= 0.3 is 0 Å². The van der Waals surface area contributed by atoms with Crippen LogP contribution in [0.15, 0.2) is 35.4 Å². The number of halogens is 1. The second-order valence-corrected chi connectivity index (χ2v) is 7.08. The molecule has 2 aromatic heterocycles. The lowest BCUT2D eigenvalue weighted by molar-refractivity contribution is 0.0632. The monoisotopic (exact) mass is 388 g/mol. The minimum atomic E-state index is -0.265. The highest BCUT2D eigenvalue weighted by Crippen LogP contribution is 2.24. The fourth-order valence-electron chi connectivity index (χ4n) is 3.98. The number of carbonyl (C=O) groups is 1. The van der Waals surface area contributed by atoms with Gasteiger partial charge < -0.3 is 15.2 Å². The van der Waals surface area contributed by atoms with E-state index in [2.05, 4.69) is 15.3 Å². The first-order chi connectivity index (χ1) is 12.7. The topological polar surface area (TPSA) is 78.1 Å². The molecule has 0 saturated carbocycles. The fourth-order valence-corrected chi connectivity index (χ4v) is 3.98. The molecule has 7 heteroatoms. The van der Waals surface area contributed by atoms with Crippen molar-refractivity contribution in [3.63, 3.8) is 0 Å². The summed E-state index contributed by atoms with van der Waals surface area (Å²) in [6, 6.07) is 5.58. The predicted octanol–water partition coefficient (Wildman–Crippen LogP) is 2.25. The molecule has 1 amide bonds. The lowest BCUT2D eigenvalue weighted by Gasteiger charge is -2.36. The Balaban J connectivity index is 0.00000210. The van der Waals surface area contributed by atoms with Crippen LogP contribution in [0.3, 0.4) is 0 Å². The predicted molar refractivity (Wildman–Crippen MR) is 106 cm³/mol. The number of amides is 1. The number of nitrogens with zero attached hydrogens (tertiary/aromatic N) is 2. The first-order valence-corrected chi connectivity index (χ1v) is 9.41. The Labute approximate surface area is 164 Å². The van der Waals surface area contributed by atoms with Crippen LogP contribution in [-0.2, 0) is 12.8 Å². The number of hydrogen-bond acceptors (Lipinski definition) is 4. The molecule has 0 aromatic carbocycles. The number of aromatic amines is 1. The van der Waals surface area contributed by atoms with Crippen LogP contribution in [0.2, 0.25) is 0 Å². The number of piperazine rings is 1. The standard InChI is InChI=1S/C20H24N4O2.ClH/c25-19-16(11-14-5-2-1-3-7-17(14)23-19)20(26)24-10-9-22-13-18(24)15-6-4-8-21-12-15;/h4,6,8,11-12,18,22H,1-3,5,7,9-10,13H2,(H,23,25);1H. The number of rotatable bonds is 2. The van der Waals surface area contributed by atoms with E-state index in [1.165, 1.54) is 6.42 Å². The van der Waals surface area contributed by atoms with Gasteiger partial charge in [-0.25, -0.2) is 0 Å². The van der Waals surface area contributed by atoms with Crippen molar-refractivity contribution in [1.82, 2.24) is 20.2 Å². The molecule has 2 N–H and O–H groups in total. The highest BCUT2D eigenvalue weighted by atomic mass is 35.5. The minimum absolute atomic E-state index is 0. The van der Waals surface area contributed by atoms with E-state index in [1.807, 2.05) is 18.2 Å². The number of aromatic nitrogens is 2. The summed E-state index contributed by atoms with van der Waals surface area (Å²) in [4.78, 5) is 34.8. The molecule has 1 unspecified atom stereocenters. The van der Waals surface area contributed by atoms with Crippen molar-refractivity contribution < 1.29 is 4.79 Å². The molecule has 1 saturated heterocycles. The molecule has 6 nitrogen and oxygen atoms in total. The number of H-pyrrole nitrogens is 1.